The number of hydrogen-bond donors (Lipinski definition) is 1. The van der Waals surface area contributed by atoms with Crippen LogP contribution in [0.4, 0.5) is 4.39 Å². The highest BCUT2D eigenvalue weighted by atomic mass is 19.1. The minimum Gasteiger partial charge on any atom is -0.493 e. The molecule has 8 heteroatoms. The lowest BCUT2D eigenvalue weighted by Gasteiger charge is -2.40. The number of benzene rings is 2. The minimum atomic E-state index is -0.817. The highest BCUT2D eigenvalue weighted by Crippen LogP contribution is 2.46. The Balaban J connectivity index is 2.02. The molecule has 0 radical (unpaired) electrons. The van der Waals surface area contributed by atoms with E-state index in [0.717, 1.165) is 26.1 Å². The summed E-state index contributed by atoms with van der Waals surface area (Å²) in [5.74, 6) is -1.05. The van der Waals surface area contributed by atoms with Crippen LogP contribution in [-0.2, 0) is 4.79 Å². The van der Waals surface area contributed by atoms with Crippen LogP contribution in [-0.4, -0.2) is 69.1 Å². The van der Waals surface area contributed by atoms with Crippen LogP contribution >= 0.6 is 0 Å². The Bertz CT molecular complexity index is 1030. The number of halogens is 1. The molecule has 0 aliphatic carbocycles. The monoisotopic (exact) mass is 471 g/mol. The lowest BCUT2D eigenvalue weighted by atomic mass is 9.79. The van der Waals surface area contributed by atoms with E-state index < -0.39 is 17.8 Å². The number of methoxy groups -OCH3 is 2. The second kappa shape index (κ2) is 11.3. The van der Waals surface area contributed by atoms with Crippen molar-refractivity contribution in [3.63, 3.8) is 0 Å². The molecule has 184 valence electrons. The average molecular weight is 472 g/mol. The van der Waals surface area contributed by atoms with E-state index >= 15 is 0 Å². The van der Waals surface area contributed by atoms with Crippen LogP contribution in [0.25, 0.3) is 0 Å². The van der Waals surface area contributed by atoms with Gasteiger partial charge in [0.2, 0.25) is 5.91 Å². The lowest BCUT2D eigenvalue weighted by Crippen LogP contribution is -2.46. The number of ether oxygens (including phenoxy) is 2. The van der Waals surface area contributed by atoms with Crippen molar-refractivity contribution >= 4 is 11.8 Å². The first-order valence-corrected chi connectivity index (χ1v) is 11.6. The molecular formula is C26H34FN3O4. The van der Waals surface area contributed by atoms with Crippen molar-refractivity contribution in [2.75, 3.05) is 47.4 Å². The number of nitrogens with one attached hydrogen (secondary N) is 1. The van der Waals surface area contributed by atoms with Gasteiger partial charge in [-0.2, -0.15) is 0 Å². The first-order chi connectivity index (χ1) is 16.4. The van der Waals surface area contributed by atoms with Crippen molar-refractivity contribution in [3.8, 4) is 11.5 Å². The third kappa shape index (κ3) is 5.01. The number of likely N-dealkylation sites (N-methyl/N-ethyl adjacent to an activating group) is 1. The predicted molar refractivity (Wildman–Crippen MR) is 129 cm³/mol. The largest absolute Gasteiger partial charge is 0.493 e. The third-order valence-corrected chi connectivity index (χ3v) is 6.53. The van der Waals surface area contributed by atoms with Gasteiger partial charge in [0.15, 0.2) is 11.5 Å². The number of nitrogens with zero attached hydrogens (tertiary/aromatic N) is 2. The fourth-order valence-corrected chi connectivity index (χ4v) is 4.60. The van der Waals surface area contributed by atoms with Crippen LogP contribution < -0.4 is 14.8 Å². The number of amides is 2. The van der Waals surface area contributed by atoms with Gasteiger partial charge in [-0.15, -0.1) is 0 Å². The number of rotatable bonds is 10. The van der Waals surface area contributed by atoms with Crippen molar-refractivity contribution in [1.29, 1.82) is 0 Å². The summed E-state index contributed by atoms with van der Waals surface area (Å²) in [5, 5.41) is 3.02. The summed E-state index contributed by atoms with van der Waals surface area (Å²) >= 11 is 0. The van der Waals surface area contributed by atoms with Crippen LogP contribution in [0.15, 0.2) is 36.4 Å². The molecule has 0 saturated heterocycles. The maximum atomic E-state index is 14.9. The zero-order chi connectivity index (χ0) is 24.8. The van der Waals surface area contributed by atoms with Crippen molar-refractivity contribution in [3.05, 3.63) is 58.9 Å². The summed E-state index contributed by atoms with van der Waals surface area (Å²) < 4.78 is 25.7. The Labute approximate surface area is 200 Å². The second-order valence-electron chi connectivity index (χ2n) is 8.33. The molecule has 2 atom stereocenters. The first-order valence-electron chi connectivity index (χ1n) is 11.6. The average Bonchev–Trinajstić information content (AvgIpc) is 2.85. The van der Waals surface area contributed by atoms with Crippen LogP contribution in [0.3, 0.4) is 0 Å². The number of fused-ring (bicyclic) bond motifs is 1. The standard InChI is InChI=1S/C26H34FN3O4/c1-6-30(7-2)14-10-13-28-25(31)23-18-15-21(33-4)22(34-5)16-19(18)26(32)29(3)24(23)17-11-8-9-12-20(17)27/h8-9,11-12,15-16,23-24H,6-7,10,13-14H2,1-5H3,(H,28,31)/t23-,24+/m0/s1. The van der Waals surface area contributed by atoms with Gasteiger partial charge < -0.3 is 24.6 Å². The summed E-state index contributed by atoms with van der Waals surface area (Å²) in [6.07, 6.45) is 0.790. The molecule has 1 N–H and O–H groups in total. The fourth-order valence-electron chi connectivity index (χ4n) is 4.60. The topological polar surface area (TPSA) is 71.1 Å². The lowest BCUT2D eigenvalue weighted by molar-refractivity contribution is -0.124. The Kier molecular flexibility index (Phi) is 8.50. The van der Waals surface area contributed by atoms with Crippen LogP contribution in [0, 0.1) is 5.82 Å². The van der Waals surface area contributed by atoms with Gasteiger partial charge in [0.25, 0.3) is 5.91 Å². The molecule has 2 aromatic carbocycles. The highest BCUT2D eigenvalue weighted by molar-refractivity contribution is 6.02. The molecular weight excluding hydrogens is 437 g/mol. The summed E-state index contributed by atoms with van der Waals surface area (Å²) in [7, 11) is 4.58. The van der Waals surface area contributed by atoms with E-state index in [9.17, 15) is 14.0 Å². The number of carbonyl (C=O) groups is 2. The molecule has 0 spiro atoms. The molecule has 0 aromatic heterocycles. The maximum Gasteiger partial charge on any atom is 0.254 e. The van der Waals surface area contributed by atoms with E-state index in [1.54, 1.807) is 37.4 Å². The van der Waals surface area contributed by atoms with Gasteiger partial charge in [0.05, 0.1) is 26.2 Å². The predicted octanol–water partition coefficient (Wildman–Crippen LogP) is 3.60. The molecule has 1 heterocycles. The van der Waals surface area contributed by atoms with E-state index in [1.807, 2.05) is 0 Å². The van der Waals surface area contributed by atoms with Crippen molar-refractivity contribution in [2.45, 2.75) is 32.2 Å². The Morgan fingerprint density at radius 2 is 1.74 bits per heavy atom. The third-order valence-electron chi connectivity index (χ3n) is 6.53. The van der Waals surface area contributed by atoms with E-state index in [4.69, 9.17) is 9.47 Å². The Hall–Kier alpha value is -3.13. The molecule has 3 rings (SSSR count). The molecule has 0 fully saturated rings. The Morgan fingerprint density at radius 1 is 1.09 bits per heavy atom. The van der Waals surface area contributed by atoms with Gasteiger partial charge in [-0.3, -0.25) is 9.59 Å². The van der Waals surface area contributed by atoms with E-state index in [-0.39, 0.29) is 11.8 Å². The highest BCUT2D eigenvalue weighted by Gasteiger charge is 2.44. The number of hydrogen-bond acceptors (Lipinski definition) is 5. The molecule has 1 aliphatic heterocycles. The molecule has 34 heavy (non-hydrogen) atoms. The van der Waals surface area contributed by atoms with E-state index in [1.165, 1.54) is 25.2 Å². The SMILES string of the molecule is CCN(CC)CCCNC(=O)[C@H]1c2cc(OC)c(OC)cc2C(=O)N(C)[C@@H]1c1ccccc1F. The molecule has 1 aliphatic rings. The minimum absolute atomic E-state index is 0.263. The van der Waals surface area contributed by atoms with Gasteiger partial charge in [-0.05, 0) is 49.8 Å². The molecule has 7 nitrogen and oxygen atoms in total. The van der Waals surface area contributed by atoms with Crippen molar-refractivity contribution in [2.24, 2.45) is 0 Å². The number of carbonyl (C=O) groups excluding carboxylic acids is 2. The van der Waals surface area contributed by atoms with Crippen molar-refractivity contribution in [1.82, 2.24) is 15.1 Å². The maximum absolute atomic E-state index is 14.9. The van der Waals surface area contributed by atoms with Crippen molar-refractivity contribution < 1.29 is 23.5 Å². The smallest absolute Gasteiger partial charge is 0.254 e. The zero-order valence-corrected chi connectivity index (χ0v) is 20.6. The summed E-state index contributed by atoms with van der Waals surface area (Å²) in [4.78, 5) is 30.6. The van der Waals surface area contributed by atoms with E-state index in [0.29, 0.717) is 34.7 Å². The Morgan fingerprint density at radius 3 is 2.35 bits per heavy atom. The zero-order valence-electron chi connectivity index (χ0n) is 20.6. The summed E-state index contributed by atoms with van der Waals surface area (Å²) in [5.41, 5.74) is 1.13. The molecule has 0 bridgehead atoms. The molecule has 2 amide bonds. The quantitative estimate of drug-likeness (QED) is 0.536. The van der Waals surface area contributed by atoms with Gasteiger partial charge in [-0.25, -0.2) is 4.39 Å². The molecule has 0 unspecified atom stereocenters. The van der Waals surface area contributed by atoms with Crippen LogP contribution in [0.2, 0.25) is 0 Å². The van der Waals surface area contributed by atoms with Gasteiger partial charge >= 0.3 is 0 Å². The molecule has 0 saturated carbocycles. The summed E-state index contributed by atoms with van der Waals surface area (Å²) in [6, 6.07) is 8.71. The van der Waals surface area contributed by atoms with E-state index in [2.05, 4.69) is 24.1 Å². The first kappa shape index (κ1) is 25.5. The second-order valence-corrected chi connectivity index (χ2v) is 8.33. The van der Waals surface area contributed by atoms with Gasteiger partial charge in [0, 0.05) is 24.7 Å². The molecule has 2 aromatic rings. The normalized spacial score (nSPS) is 17.5. The van der Waals surface area contributed by atoms with Gasteiger partial charge in [-0.1, -0.05) is 32.0 Å². The van der Waals surface area contributed by atoms with Crippen LogP contribution in [0.5, 0.6) is 11.5 Å². The summed E-state index contributed by atoms with van der Waals surface area (Å²) in [6.45, 7) is 7.46. The van der Waals surface area contributed by atoms with Gasteiger partial charge in [0.1, 0.15) is 5.82 Å². The van der Waals surface area contributed by atoms with Crippen LogP contribution in [0.1, 0.15) is 53.7 Å². The fraction of sp³-hybridized carbons (Fsp3) is 0.462.